The van der Waals surface area contributed by atoms with Crippen molar-refractivity contribution < 1.29 is 4.79 Å². The number of carbonyl (C=O) groups excluding carboxylic acids is 1. The molecule has 0 rings (SSSR count). The van der Waals surface area contributed by atoms with Crippen LogP contribution in [0.25, 0.3) is 0 Å². The van der Waals surface area contributed by atoms with Gasteiger partial charge in [0.25, 0.3) is 0 Å². The molecule has 96 valence electrons. The Labute approximate surface area is 99.8 Å². The van der Waals surface area contributed by atoms with Gasteiger partial charge in [0.1, 0.15) is 0 Å². The van der Waals surface area contributed by atoms with Crippen LogP contribution in [0.1, 0.15) is 34.1 Å². The van der Waals surface area contributed by atoms with E-state index in [9.17, 15) is 4.79 Å². The van der Waals surface area contributed by atoms with Crippen LogP contribution in [0.2, 0.25) is 0 Å². The van der Waals surface area contributed by atoms with Gasteiger partial charge in [0, 0.05) is 38.1 Å². The molecule has 0 aliphatic rings. The van der Waals surface area contributed by atoms with Crippen molar-refractivity contribution in [3.63, 3.8) is 0 Å². The molecule has 0 aliphatic heterocycles. The van der Waals surface area contributed by atoms with E-state index in [0.29, 0.717) is 19.0 Å². The summed E-state index contributed by atoms with van der Waals surface area (Å²) < 4.78 is 0. The van der Waals surface area contributed by atoms with E-state index in [1.165, 1.54) is 0 Å². The number of rotatable bonds is 7. The van der Waals surface area contributed by atoms with Crippen molar-refractivity contribution in [2.45, 2.75) is 46.2 Å². The monoisotopic (exact) mass is 229 g/mol. The fourth-order valence-electron chi connectivity index (χ4n) is 1.72. The van der Waals surface area contributed by atoms with E-state index in [1.54, 1.807) is 0 Å². The first-order chi connectivity index (χ1) is 7.47. The summed E-state index contributed by atoms with van der Waals surface area (Å²) in [5, 5.41) is 0. The van der Waals surface area contributed by atoms with Crippen LogP contribution < -0.4 is 5.73 Å². The highest BCUT2D eigenvalue weighted by Crippen LogP contribution is 2.07. The van der Waals surface area contributed by atoms with Gasteiger partial charge in [-0.05, 0) is 34.7 Å². The molecule has 0 aromatic heterocycles. The second kappa shape index (κ2) is 7.63. The van der Waals surface area contributed by atoms with Gasteiger partial charge in [-0.3, -0.25) is 9.69 Å². The van der Waals surface area contributed by atoms with Crippen molar-refractivity contribution in [3.8, 4) is 0 Å². The molecular weight excluding hydrogens is 202 g/mol. The summed E-state index contributed by atoms with van der Waals surface area (Å²) in [5.74, 6) is 0.202. The molecular formula is C12H27N3O. The third-order valence-electron chi connectivity index (χ3n) is 3.19. The number of carbonyl (C=O) groups is 1. The molecule has 0 aromatic carbocycles. The highest BCUT2D eigenvalue weighted by Gasteiger charge is 2.21. The van der Waals surface area contributed by atoms with Crippen LogP contribution in [0.3, 0.4) is 0 Å². The van der Waals surface area contributed by atoms with Crippen LogP contribution in [0, 0.1) is 0 Å². The van der Waals surface area contributed by atoms with Gasteiger partial charge in [-0.1, -0.05) is 0 Å². The standard InChI is InChI=1S/C12H27N3O/c1-6-15(7-2)12(16)8-11(9-13)14(5)10(3)4/h10-11H,6-9,13H2,1-5H3. The van der Waals surface area contributed by atoms with Gasteiger partial charge in [0.2, 0.25) is 5.91 Å². The zero-order chi connectivity index (χ0) is 12.7. The minimum absolute atomic E-state index is 0.146. The van der Waals surface area contributed by atoms with Crippen LogP contribution in [0.4, 0.5) is 0 Å². The third kappa shape index (κ3) is 4.49. The molecule has 4 nitrogen and oxygen atoms in total. The maximum Gasteiger partial charge on any atom is 0.224 e. The Morgan fingerprint density at radius 2 is 1.75 bits per heavy atom. The maximum absolute atomic E-state index is 11.9. The average Bonchev–Trinajstić information content (AvgIpc) is 2.26. The summed E-state index contributed by atoms with van der Waals surface area (Å²) in [6.45, 7) is 10.3. The molecule has 0 radical (unpaired) electrons. The predicted octanol–water partition coefficient (Wildman–Crippen LogP) is 0.912. The van der Waals surface area contributed by atoms with Crippen LogP contribution >= 0.6 is 0 Å². The van der Waals surface area contributed by atoms with E-state index in [-0.39, 0.29) is 11.9 Å². The van der Waals surface area contributed by atoms with Gasteiger partial charge >= 0.3 is 0 Å². The van der Waals surface area contributed by atoms with Crippen molar-refractivity contribution in [2.24, 2.45) is 5.73 Å². The van der Waals surface area contributed by atoms with Gasteiger partial charge in [0.15, 0.2) is 0 Å². The van der Waals surface area contributed by atoms with E-state index >= 15 is 0 Å². The first kappa shape index (κ1) is 15.4. The Morgan fingerprint density at radius 1 is 1.25 bits per heavy atom. The highest BCUT2D eigenvalue weighted by atomic mass is 16.2. The molecule has 1 unspecified atom stereocenters. The molecule has 4 heteroatoms. The lowest BCUT2D eigenvalue weighted by molar-refractivity contribution is -0.132. The molecule has 0 aromatic rings. The normalized spacial score (nSPS) is 13.2. The summed E-state index contributed by atoms with van der Waals surface area (Å²) in [5.41, 5.74) is 5.73. The van der Waals surface area contributed by atoms with Gasteiger partial charge in [-0.15, -0.1) is 0 Å². The first-order valence-electron chi connectivity index (χ1n) is 6.17. The fourth-order valence-corrected chi connectivity index (χ4v) is 1.72. The lowest BCUT2D eigenvalue weighted by atomic mass is 10.1. The Hall–Kier alpha value is -0.610. The summed E-state index contributed by atoms with van der Waals surface area (Å²) in [6.07, 6.45) is 0.521. The van der Waals surface area contributed by atoms with Crippen molar-refractivity contribution in [3.05, 3.63) is 0 Å². The minimum Gasteiger partial charge on any atom is -0.343 e. The SMILES string of the molecule is CCN(CC)C(=O)CC(CN)N(C)C(C)C. The number of hydrogen-bond acceptors (Lipinski definition) is 3. The lowest BCUT2D eigenvalue weighted by Gasteiger charge is -2.31. The van der Waals surface area contributed by atoms with E-state index in [2.05, 4.69) is 18.7 Å². The van der Waals surface area contributed by atoms with E-state index in [0.717, 1.165) is 13.1 Å². The van der Waals surface area contributed by atoms with Crippen LogP contribution in [-0.2, 0) is 4.79 Å². The Balaban J connectivity index is 4.37. The number of amides is 1. The van der Waals surface area contributed by atoms with Crippen molar-refractivity contribution in [1.82, 2.24) is 9.80 Å². The number of likely N-dealkylation sites (N-methyl/N-ethyl adjacent to an activating group) is 1. The quantitative estimate of drug-likeness (QED) is 0.706. The summed E-state index contributed by atoms with van der Waals surface area (Å²) >= 11 is 0. The van der Waals surface area contributed by atoms with Crippen molar-refractivity contribution >= 4 is 5.91 Å². The molecule has 1 amide bonds. The zero-order valence-corrected chi connectivity index (χ0v) is 11.4. The zero-order valence-electron chi connectivity index (χ0n) is 11.4. The number of nitrogens with two attached hydrogens (primary N) is 1. The molecule has 1 atom stereocenters. The Bertz CT molecular complexity index is 202. The highest BCUT2D eigenvalue weighted by molar-refractivity contribution is 5.76. The van der Waals surface area contributed by atoms with E-state index < -0.39 is 0 Å². The second-order valence-electron chi connectivity index (χ2n) is 4.42. The molecule has 0 saturated heterocycles. The van der Waals surface area contributed by atoms with Gasteiger partial charge in [0.05, 0.1) is 0 Å². The van der Waals surface area contributed by atoms with Crippen LogP contribution in [0.15, 0.2) is 0 Å². The summed E-state index contributed by atoms with van der Waals surface area (Å²) in [7, 11) is 2.03. The predicted molar refractivity (Wildman–Crippen MR) is 68.3 cm³/mol. The summed E-state index contributed by atoms with van der Waals surface area (Å²) in [4.78, 5) is 16.0. The first-order valence-corrected chi connectivity index (χ1v) is 6.17. The van der Waals surface area contributed by atoms with Crippen molar-refractivity contribution in [1.29, 1.82) is 0 Å². The molecule has 0 bridgehead atoms. The number of nitrogens with zero attached hydrogens (tertiary/aromatic N) is 2. The Kier molecular flexibility index (Phi) is 7.34. The maximum atomic E-state index is 11.9. The van der Waals surface area contributed by atoms with E-state index in [4.69, 9.17) is 5.73 Å². The number of hydrogen-bond donors (Lipinski definition) is 1. The van der Waals surface area contributed by atoms with Crippen molar-refractivity contribution in [2.75, 3.05) is 26.7 Å². The average molecular weight is 229 g/mol. The molecule has 16 heavy (non-hydrogen) atoms. The molecule has 0 spiro atoms. The van der Waals surface area contributed by atoms with Gasteiger partial charge in [-0.2, -0.15) is 0 Å². The van der Waals surface area contributed by atoms with Crippen LogP contribution in [-0.4, -0.2) is 54.5 Å². The largest absolute Gasteiger partial charge is 0.343 e. The topological polar surface area (TPSA) is 49.6 Å². The molecule has 0 heterocycles. The molecule has 2 N–H and O–H groups in total. The van der Waals surface area contributed by atoms with Crippen LogP contribution in [0.5, 0.6) is 0 Å². The molecule has 0 aliphatic carbocycles. The summed E-state index contributed by atoms with van der Waals surface area (Å²) in [6, 6.07) is 0.561. The van der Waals surface area contributed by atoms with E-state index in [1.807, 2.05) is 25.8 Å². The molecule has 0 fully saturated rings. The second-order valence-corrected chi connectivity index (χ2v) is 4.42. The third-order valence-corrected chi connectivity index (χ3v) is 3.19. The fraction of sp³-hybridized carbons (Fsp3) is 0.917. The van der Waals surface area contributed by atoms with Gasteiger partial charge in [-0.25, -0.2) is 0 Å². The smallest absolute Gasteiger partial charge is 0.224 e. The lowest BCUT2D eigenvalue weighted by Crippen LogP contribution is -2.45. The Morgan fingerprint density at radius 3 is 2.06 bits per heavy atom. The van der Waals surface area contributed by atoms with Gasteiger partial charge < -0.3 is 10.6 Å². The minimum atomic E-state index is 0.146. The molecule has 0 saturated carbocycles.